The summed E-state index contributed by atoms with van der Waals surface area (Å²) < 4.78 is 31.7. The largest absolute Gasteiger partial charge is 0.453 e. The van der Waals surface area contributed by atoms with Crippen molar-refractivity contribution in [3.8, 4) is 0 Å². The fourth-order valence-electron chi connectivity index (χ4n) is 2.02. The molecular weight excluding hydrogens is 360 g/mol. The molecular formula is C19H19F2NO3S. The summed E-state index contributed by atoms with van der Waals surface area (Å²) in [6.45, 7) is 3.37. The molecule has 0 aliphatic rings. The average Bonchev–Trinajstić information content (AvgIpc) is 2.59. The summed E-state index contributed by atoms with van der Waals surface area (Å²) >= 11 is 1.51. The van der Waals surface area contributed by atoms with Gasteiger partial charge in [-0.1, -0.05) is 17.7 Å². The Labute approximate surface area is 154 Å². The van der Waals surface area contributed by atoms with Gasteiger partial charge >= 0.3 is 5.97 Å². The SMILES string of the molecule is Cc1ccc(SCCC(=O)OC(C)C(=O)Nc2cc(F)ccc2F)cc1. The van der Waals surface area contributed by atoms with Gasteiger partial charge in [-0.2, -0.15) is 0 Å². The first-order valence-electron chi connectivity index (χ1n) is 8.00. The Morgan fingerprint density at radius 2 is 1.85 bits per heavy atom. The third-order valence-electron chi connectivity index (χ3n) is 3.46. The zero-order valence-corrected chi connectivity index (χ0v) is 15.2. The van der Waals surface area contributed by atoms with E-state index in [1.54, 1.807) is 0 Å². The topological polar surface area (TPSA) is 55.4 Å². The van der Waals surface area contributed by atoms with Crippen LogP contribution in [-0.4, -0.2) is 23.7 Å². The molecule has 0 aliphatic carbocycles. The van der Waals surface area contributed by atoms with Gasteiger partial charge in [0.15, 0.2) is 6.10 Å². The number of aryl methyl sites for hydroxylation is 1. The van der Waals surface area contributed by atoms with Gasteiger partial charge in [-0.3, -0.25) is 9.59 Å². The van der Waals surface area contributed by atoms with Crippen LogP contribution < -0.4 is 5.32 Å². The molecule has 4 nitrogen and oxygen atoms in total. The molecule has 0 aromatic heterocycles. The molecule has 0 bridgehead atoms. The van der Waals surface area contributed by atoms with Crippen LogP contribution in [-0.2, 0) is 14.3 Å². The summed E-state index contributed by atoms with van der Waals surface area (Å²) in [5.74, 6) is -2.21. The van der Waals surface area contributed by atoms with E-state index in [1.165, 1.54) is 18.7 Å². The van der Waals surface area contributed by atoms with Crippen LogP contribution in [0.5, 0.6) is 0 Å². The molecule has 2 aromatic carbocycles. The Hall–Kier alpha value is -2.41. The standard InChI is InChI=1S/C19H19F2NO3S/c1-12-3-6-15(7-4-12)26-10-9-18(23)25-13(2)19(24)22-17-11-14(20)5-8-16(17)21/h3-8,11,13H,9-10H2,1-2H3,(H,22,24). The van der Waals surface area contributed by atoms with Crippen molar-refractivity contribution in [2.45, 2.75) is 31.3 Å². The Kier molecular flexibility index (Phi) is 7.15. The van der Waals surface area contributed by atoms with Gasteiger partial charge in [-0.25, -0.2) is 8.78 Å². The zero-order valence-electron chi connectivity index (χ0n) is 14.4. The van der Waals surface area contributed by atoms with Crippen molar-refractivity contribution in [3.05, 3.63) is 59.7 Å². The summed E-state index contributed by atoms with van der Waals surface area (Å²) in [7, 11) is 0. The number of halogens is 2. The highest BCUT2D eigenvalue weighted by Gasteiger charge is 2.19. The fraction of sp³-hybridized carbons (Fsp3) is 0.263. The number of ether oxygens (including phenoxy) is 1. The number of nitrogens with one attached hydrogen (secondary N) is 1. The van der Waals surface area contributed by atoms with Crippen LogP contribution in [0.25, 0.3) is 0 Å². The molecule has 0 saturated heterocycles. The number of esters is 1. The van der Waals surface area contributed by atoms with Gasteiger partial charge < -0.3 is 10.1 Å². The van der Waals surface area contributed by atoms with Crippen LogP contribution in [0.3, 0.4) is 0 Å². The first-order chi connectivity index (χ1) is 12.3. The van der Waals surface area contributed by atoms with Crippen molar-refractivity contribution in [1.82, 2.24) is 0 Å². The van der Waals surface area contributed by atoms with Crippen molar-refractivity contribution in [2.75, 3.05) is 11.1 Å². The molecule has 1 unspecified atom stereocenters. The fourth-order valence-corrected chi connectivity index (χ4v) is 2.86. The number of thioether (sulfide) groups is 1. The van der Waals surface area contributed by atoms with E-state index in [0.29, 0.717) is 5.75 Å². The second-order valence-corrected chi connectivity index (χ2v) is 6.83. The van der Waals surface area contributed by atoms with Gasteiger partial charge in [0.2, 0.25) is 0 Å². The highest BCUT2D eigenvalue weighted by Crippen LogP contribution is 2.19. The minimum atomic E-state index is -1.12. The molecule has 0 aliphatic heterocycles. The summed E-state index contributed by atoms with van der Waals surface area (Å²) in [4.78, 5) is 24.8. The van der Waals surface area contributed by atoms with Crippen molar-refractivity contribution in [1.29, 1.82) is 0 Å². The predicted molar refractivity (Wildman–Crippen MR) is 97.1 cm³/mol. The lowest BCUT2D eigenvalue weighted by Crippen LogP contribution is -2.30. The Morgan fingerprint density at radius 3 is 2.54 bits per heavy atom. The number of hydrogen-bond donors (Lipinski definition) is 1. The Balaban J connectivity index is 1.77. The molecule has 138 valence electrons. The predicted octanol–water partition coefficient (Wildman–Crippen LogP) is 4.33. The number of carbonyl (C=O) groups excluding carboxylic acids is 2. The summed E-state index contributed by atoms with van der Waals surface area (Å²) in [5.41, 5.74) is 0.858. The molecule has 0 spiro atoms. The van der Waals surface area contributed by atoms with E-state index in [-0.39, 0.29) is 12.1 Å². The number of carbonyl (C=O) groups is 2. The van der Waals surface area contributed by atoms with E-state index >= 15 is 0 Å². The molecule has 0 saturated carbocycles. The number of hydrogen-bond acceptors (Lipinski definition) is 4. The number of anilines is 1. The van der Waals surface area contributed by atoms with Crippen LogP contribution >= 0.6 is 11.8 Å². The van der Waals surface area contributed by atoms with Gasteiger partial charge in [0.05, 0.1) is 12.1 Å². The quantitative estimate of drug-likeness (QED) is 0.575. The second-order valence-electron chi connectivity index (χ2n) is 5.66. The maximum absolute atomic E-state index is 13.5. The van der Waals surface area contributed by atoms with Crippen LogP contribution in [0.15, 0.2) is 47.4 Å². The number of amides is 1. The van der Waals surface area contributed by atoms with Gasteiger partial charge in [-0.05, 0) is 38.1 Å². The Morgan fingerprint density at radius 1 is 1.15 bits per heavy atom. The Bertz CT molecular complexity index is 781. The summed E-state index contributed by atoms with van der Waals surface area (Å²) in [6.07, 6.45) is -0.987. The van der Waals surface area contributed by atoms with E-state index < -0.39 is 29.6 Å². The second kappa shape index (κ2) is 9.33. The molecule has 2 rings (SSSR count). The lowest BCUT2D eigenvalue weighted by molar-refractivity contribution is -0.152. The number of benzene rings is 2. The zero-order chi connectivity index (χ0) is 19.1. The molecule has 0 radical (unpaired) electrons. The van der Waals surface area contributed by atoms with E-state index in [9.17, 15) is 18.4 Å². The third kappa shape index (κ3) is 6.15. The van der Waals surface area contributed by atoms with Gasteiger partial charge in [0.25, 0.3) is 5.91 Å². The third-order valence-corrected chi connectivity index (χ3v) is 4.47. The lowest BCUT2D eigenvalue weighted by Gasteiger charge is -2.14. The van der Waals surface area contributed by atoms with Crippen molar-refractivity contribution in [3.63, 3.8) is 0 Å². The summed E-state index contributed by atoms with van der Waals surface area (Å²) in [5, 5.41) is 2.21. The van der Waals surface area contributed by atoms with Crippen LogP contribution in [0.2, 0.25) is 0 Å². The van der Waals surface area contributed by atoms with Crippen molar-refractivity contribution < 1.29 is 23.1 Å². The maximum Gasteiger partial charge on any atom is 0.307 e. The van der Waals surface area contributed by atoms with Crippen LogP contribution in [0.1, 0.15) is 18.9 Å². The average molecular weight is 379 g/mol. The minimum absolute atomic E-state index is 0.129. The highest BCUT2D eigenvalue weighted by molar-refractivity contribution is 7.99. The molecule has 7 heteroatoms. The van der Waals surface area contributed by atoms with Crippen LogP contribution in [0, 0.1) is 18.6 Å². The molecule has 26 heavy (non-hydrogen) atoms. The first-order valence-corrected chi connectivity index (χ1v) is 8.98. The van der Waals surface area contributed by atoms with Crippen molar-refractivity contribution >= 4 is 29.3 Å². The summed E-state index contributed by atoms with van der Waals surface area (Å²) in [6, 6.07) is 10.6. The molecule has 0 heterocycles. The van der Waals surface area contributed by atoms with E-state index in [1.807, 2.05) is 31.2 Å². The minimum Gasteiger partial charge on any atom is -0.453 e. The monoisotopic (exact) mass is 379 g/mol. The van der Waals surface area contributed by atoms with Gasteiger partial charge in [0.1, 0.15) is 11.6 Å². The first kappa shape index (κ1) is 19.9. The van der Waals surface area contributed by atoms with Crippen molar-refractivity contribution in [2.24, 2.45) is 0 Å². The van der Waals surface area contributed by atoms with E-state index in [0.717, 1.165) is 28.7 Å². The van der Waals surface area contributed by atoms with E-state index in [4.69, 9.17) is 4.74 Å². The molecule has 2 aromatic rings. The normalized spacial score (nSPS) is 11.7. The lowest BCUT2D eigenvalue weighted by atomic mass is 10.2. The molecule has 1 amide bonds. The molecule has 1 N–H and O–H groups in total. The van der Waals surface area contributed by atoms with Gasteiger partial charge in [0, 0.05) is 16.7 Å². The molecule has 0 fully saturated rings. The van der Waals surface area contributed by atoms with Gasteiger partial charge in [-0.15, -0.1) is 11.8 Å². The maximum atomic E-state index is 13.5. The van der Waals surface area contributed by atoms with E-state index in [2.05, 4.69) is 5.32 Å². The number of rotatable bonds is 7. The molecule has 1 atom stereocenters. The highest BCUT2D eigenvalue weighted by atomic mass is 32.2. The van der Waals surface area contributed by atoms with Crippen LogP contribution in [0.4, 0.5) is 14.5 Å². The smallest absolute Gasteiger partial charge is 0.307 e.